The van der Waals surface area contributed by atoms with Crippen molar-refractivity contribution in [1.82, 2.24) is 10.6 Å². The SMILES string of the molecule is CCC(CO)(CO)NC(=O)C1(C(F)(F)F)CCNC1. The Morgan fingerprint density at radius 1 is 1.37 bits per heavy atom. The molecular formula is C11H19F3N2O3. The smallest absolute Gasteiger partial charge is 0.394 e. The topological polar surface area (TPSA) is 81.6 Å². The summed E-state index contributed by atoms with van der Waals surface area (Å²) in [5.41, 5.74) is -3.91. The fourth-order valence-electron chi connectivity index (χ4n) is 2.06. The van der Waals surface area contributed by atoms with E-state index in [1.807, 2.05) is 0 Å². The zero-order chi connectivity index (χ0) is 14.7. The van der Waals surface area contributed by atoms with Gasteiger partial charge in [0.1, 0.15) is 0 Å². The summed E-state index contributed by atoms with van der Waals surface area (Å²) in [5.74, 6) is -1.20. The van der Waals surface area contributed by atoms with E-state index < -0.39 is 42.8 Å². The average Bonchev–Trinajstić information content (AvgIpc) is 2.86. The molecule has 1 heterocycles. The molecule has 0 bridgehead atoms. The number of nitrogens with one attached hydrogen (secondary N) is 2. The molecule has 1 unspecified atom stereocenters. The molecule has 19 heavy (non-hydrogen) atoms. The molecule has 1 aliphatic heterocycles. The fraction of sp³-hybridized carbons (Fsp3) is 0.909. The first-order chi connectivity index (χ1) is 8.77. The van der Waals surface area contributed by atoms with Gasteiger partial charge in [-0.1, -0.05) is 6.92 Å². The van der Waals surface area contributed by atoms with Gasteiger partial charge in [0.05, 0.1) is 18.8 Å². The lowest BCUT2D eigenvalue weighted by Crippen LogP contribution is -2.61. The first-order valence-corrected chi connectivity index (χ1v) is 6.09. The van der Waals surface area contributed by atoms with E-state index >= 15 is 0 Å². The Morgan fingerprint density at radius 3 is 2.26 bits per heavy atom. The van der Waals surface area contributed by atoms with E-state index in [4.69, 9.17) is 0 Å². The highest BCUT2D eigenvalue weighted by Gasteiger charge is 2.62. The van der Waals surface area contributed by atoms with Gasteiger partial charge in [-0.3, -0.25) is 4.79 Å². The van der Waals surface area contributed by atoms with Crippen LogP contribution in [0.2, 0.25) is 0 Å². The van der Waals surface area contributed by atoms with Crippen LogP contribution in [-0.4, -0.2) is 54.1 Å². The molecule has 5 nitrogen and oxygen atoms in total. The van der Waals surface area contributed by atoms with Gasteiger partial charge in [0.15, 0.2) is 5.41 Å². The van der Waals surface area contributed by atoms with E-state index in [-0.39, 0.29) is 19.4 Å². The Morgan fingerprint density at radius 2 is 1.95 bits per heavy atom. The molecule has 1 saturated heterocycles. The number of halogens is 3. The van der Waals surface area contributed by atoms with Crippen molar-refractivity contribution in [3.05, 3.63) is 0 Å². The molecule has 1 atom stereocenters. The van der Waals surface area contributed by atoms with Crippen molar-refractivity contribution in [2.45, 2.75) is 31.5 Å². The number of rotatable bonds is 5. The molecule has 0 aromatic heterocycles. The lowest BCUT2D eigenvalue weighted by atomic mass is 9.83. The van der Waals surface area contributed by atoms with Gasteiger partial charge in [0.2, 0.25) is 5.91 Å². The summed E-state index contributed by atoms with van der Waals surface area (Å²) in [6.45, 7) is -0.0522. The van der Waals surface area contributed by atoms with Crippen LogP contribution in [0.15, 0.2) is 0 Å². The number of alkyl halides is 3. The van der Waals surface area contributed by atoms with Crippen LogP contribution in [0.3, 0.4) is 0 Å². The molecule has 1 aliphatic rings. The molecule has 0 saturated carbocycles. The van der Waals surface area contributed by atoms with Crippen LogP contribution in [0.25, 0.3) is 0 Å². The van der Waals surface area contributed by atoms with Crippen molar-refractivity contribution >= 4 is 5.91 Å². The van der Waals surface area contributed by atoms with E-state index in [0.29, 0.717) is 0 Å². The quantitative estimate of drug-likeness (QED) is 0.562. The van der Waals surface area contributed by atoms with E-state index in [1.165, 1.54) is 0 Å². The summed E-state index contributed by atoms with van der Waals surface area (Å²) >= 11 is 0. The van der Waals surface area contributed by atoms with Crippen LogP contribution in [0.1, 0.15) is 19.8 Å². The van der Waals surface area contributed by atoms with Crippen LogP contribution in [0.5, 0.6) is 0 Å². The van der Waals surface area contributed by atoms with Crippen molar-refractivity contribution in [2.75, 3.05) is 26.3 Å². The molecule has 0 aromatic carbocycles. The molecule has 0 aromatic rings. The van der Waals surface area contributed by atoms with Gasteiger partial charge in [-0.15, -0.1) is 0 Å². The number of carbonyl (C=O) groups excluding carboxylic acids is 1. The number of hydrogen-bond donors (Lipinski definition) is 4. The van der Waals surface area contributed by atoms with E-state index in [1.54, 1.807) is 6.92 Å². The first-order valence-electron chi connectivity index (χ1n) is 6.09. The zero-order valence-electron chi connectivity index (χ0n) is 10.7. The maximum absolute atomic E-state index is 13.1. The Hall–Kier alpha value is -0.860. The molecule has 112 valence electrons. The Balaban J connectivity index is 2.97. The van der Waals surface area contributed by atoms with Crippen molar-refractivity contribution in [3.63, 3.8) is 0 Å². The Kier molecular flexibility index (Phi) is 4.81. The lowest BCUT2D eigenvalue weighted by Gasteiger charge is -2.36. The number of aliphatic hydroxyl groups excluding tert-OH is 2. The van der Waals surface area contributed by atoms with Crippen LogP contribution >= 0.6 is 0 Å². The normalized spacial score (nSPS) is 24.5. The first kappa shape index (κ1) is 16.2. The van der Waals surface area contributed by atoms with Gasteiger partial charge < -0.3 is 20.8 Å². The highest BCUT2D eigenvalue weighted by atomic mass is 19.4. The molecule has 8 heteroatoms. The number of hydrogen-bond acceptors (Lipinski definition) is 4. The Labute approximate surface area is 109 Å². The maximum atomic E-state index is 13.1. The van der Waals surface area contributed by atoms with Crippen LogP contribution in [-0.2, 0) is 4.79 Å². The van der Waals surface area contributed by atoms with Gasteiger partial charge >= 0.3 is 6.18 Å². The number of aliphatic hydroxyl groups is 2. The Bertz CT molecular complexity index is 315. The van der Waals surface area contributed by atoms with Gasteiger partial charge in [0, 0.05) is 6.54 Å². The number of amides is 1. The standard InChI is InChI=1S/C11H19F3N2O3/c1-2-9(6-17,7-18)16-8(19)10(11(12,13)14)3-4-15-5-10/h15,17-18H,2-7H2,1H3,(H,16,19). The summed E-state index contributed by atoms with van der Waals surface area (Å²) in [4.78, 5) is 12.0. The van der Waals surface area contributed by atoms with Crippen molar-refractivity contribution in [2.24, 2.45) is 5.41 Å². The largest absolute Gasteiger partial charge is 0.404 e. The van der Waals surface area contributed by atoms with Crippen molar-refractivity contribution in [3.8, 4) is 0 Å². The second kappa shape index (κ2) is 5.64. The molecule has 0 radical (unpaired) electrons. The van der Waals surface area contributed by atoms with E-state index in [2.05, 4.69) is 10.6 Å². The number of carbonyl (C=O) groups is 1. The van der Waals surface area contributed by atoms with Gasteiger partial charge in [0.25, 0.3) is 0 Å². The highest BCUT2D eigenvalue weighted by Crippen LogP contribution is 2.43. The van der Waals surface area contributed by atoms with Crippen LogP contribution < -0.4 is 10.6 Å². The third-order valence-corrected chi connectivity index (χ3v) is 3.79. The molecule has 1 rings (SSSR count). The van der Waals surface area contributed by atoms with Crippen LogP contribution in [0, 0.1) is 5.41 Å². The second-order valence-corrected chi connectivity index (χ2v) is 4.91. The van der Waals surface area contributed by atoms with Gasteiger partial charge in [-0.2, -0.15) is 13.2 Å². The van der Waals surface area contributed by atoms with Crippen LogP contribution in [0.4, 0.5) is 13.2 Å². The average molecular weight is 284 g/mol. The predicted octanol–water partition coefficient (Wildman–Crippen LogP) is -0.222. The van der Waals surface area contributed by atoms with E-state index in [9.17, 15) is 28.2 Å². The van der Waals surface area contributed by atoms with E-state index in [0.717, 1.165) is 0 Å². The molecule has 1 amide bonds. The fourth-order valence-corrected chi connectivity index (χ4v) is 2.06. The third kappa shape index (κ3) is 2.85. The lowest BCUT2D eigenvalue weighted by molar-refractivity contribution is -0.217. The third-order valence-electron chi connectivity index (χ3n) is 3.79. The summed E-state index contributed by atoms with van der Waals surface area (Å²) in [5, 5.41) is 23.1. The highest BCUT2D eigenvalue weighted by molar-refractivity contribution is 5.85. The molecule has 4 N–H and O–H groups in total. The summed E-state index contributed by atoms with van der Waals surface area (Å²) in [6.07, 6.45) is -4.89. The summed E-state index contributed by atoms with van der Waals surface area (Å²) < 4.78 is 39.4. The maximum Gasteiger partial charge on any atom is 0.404 e. The molecule has 0 spiro atoms. The predicted molar refractivity (Wildman–Crippen MR) is 61.3 cm³/mol. The summed E-state index contributed by atoms with van der Waals surface area (Å²) in [6, 6.07) is 0. The molecular weight excluding hydrogens is 265 g/mol. The minimum absolute atomic E-state index is 0.101. The minimum Gasteiger partial charge on any atom is -0.394 e. The van der Waals surface area contributed by atoms with Crippen molar-refractivity contribution < 1.29 is 28.2 Å². The summed E-state index contributed by atoms with van der Waals surface area (Å²) in [7, 11) is 0. The molecule has 0 aliphatic carbocycles. The minimum atomic E-state index is -4.68. The van der Waals surface area contributed by atoms with Gasteiger partial charge in [-0.25, -0.2) is 0 Å². The monoisotopic (exact) mass is 284 g/mol. The van der Waals surface area contributed by atoms with Gasteiger partial charge in [-0.05, 0) is 19.4 Å². The molecule has 1 fully saturated rings. The second-order valence-electron chi connectivity index (χ2n) is 4.91. The zero-order valence-corrected chi connectivity index (χ0v) is 10.7. The van der Waals surface area contributed by atoms with Crippen molar-refractivity contribution in [1.29, 1.82) is 0 Å².